The lowest BCUT2D eigenvalue weighted by Crippen LogP contribution is -2.26. The summed E-state index contributed by atoms with van der Waals surface area (Å²) in [5, 5.41) is 20.3. The molecule has 0 fully saturated rings. The van der Waals surface area contributed by atoms with Crippen molar-refractivity contribution in [3.8, 4) is 23.4 Å². The Labute approximate surface area is 180 Å². The molecule has 2 aromatic carbocycles. The van der Waals surface area contributed by atoms with Crippen molar-refractivity contribution < 1.29 is 14.6 Å². The highest BCUT2D eigenvalue weighted by molar-refractivity contribution is 5.87. The fourth-order valence-electron chi connectivity index (χ4n) is 3.17. The van der Waals surface area contributed by atoms with E-state index in [0.717, 1.165) is 11.3 Å². The molecular formula is C24H23N3O4. The number of pyridine rings is 1. The first-order valence-electron chi connectivity index (χ1n) is 9.66. The predicted molar refractivity (Wildman–Crippen MR) is 119 cm³/mol. The Morgan fingerprint density at radius 1 is 1.06 bits per heavy atom. The Bertz CT molecular complexity index is 1190. The Morgan fingerprint density at radius 3 is 2.19 bits per heavy atom. The molecule has 0 saturated carbocycles. The molecule has 1 heterocycles. The molecule has 1 N–H and O–H groups in total. The summed E-state index contributed by atoms with van der Waals surface area (Å²) in [6, 6.07) is 16.5. The molecule has 0 unspecified atom stereocenters. The summed E-state index contributed by atoms with van der Waals surface area (Å²) in [4.78, 5) is 17.1. The van der Waals surface area contributed by atoms with Gasteiger partial charge in [0, 0.05) is 12.8 Å². The fourth-order valence-corrected chi connectivity index (χ4v) is 3.17. The molecule has 0 aliphatic carbocycles. The maximum Gasteiger partial charge on any atom is 0.271 e. The first kappa shape index (κ1) is 21.7. The van der Waals surface area contributed by atoms with Crippen LogP contribution in [-0.2, 0) is 13.0 Å². The molecular weight excluding hydrogens is 394 g/mol. The van der Waals surface area contributed by atoms with E-state index >= 15 is 0 Å². The summed E-state index contributed by atoms with van der Waals surface area (Å²) in [5.74, 6) is 1.23. The minimum Gasteiger partial charge on any atom is -0.497 e. The molecule has 7 heteroatoms. The molecule has 158 valence electrons. The van der Waals surface area contributed by atoms with Crippen molar-refractivity contribution in [2.24, 2.45) is 4.99 Å². The summed E-state index contributed by atoms with van der Waals surface area (Å²) in [6.07, 6.45) is 1.97. The van der Waals surface area contributed by atoms with Gasteiger partial charge < -0.3 is 14.6 Å². The maximum absolute atomic E-state index is 12.8. The number of methoxy groups -OCH3 is 2. The highest BCUT2D eigenvalue weighted by atomic mass is 16.5. The minimum absolute atomic E-state index is 0.0105. The van der Waals surface area contributed by atoms with Gasteiger partial charge in [0.25, 0.3) is 5.56 Å². The Balaban J connectivity index is 1.94. The molecule has 0 saturated heterocycles. The molecule has 0 amide bonds. The summed E-state index contributed by atoms with van der Waals surface area (Å²) in [5.41, 5.74) is 1.81. The number of nitrogens with zero attached hydrogens (tertiary/aromatic N) is 3. The van der Waals surface area contributed by atoms with Crippen molar-refractivity contribution in [1.82, 2.24) is 4.57 Å². The molecule has 0 radical (unpaired) electrons. The van der Waals surface area contributed by atoms with E-state index in [1.165, 1.54) is 10.8 Å². The molecule has 0 aliphatic rings. The van der Waals surface area contributed by atoms with E-state index < -0.39 is 5.56 Å². The minimum atomic E-state index is -0.521. The van der Waals surface area contributed by atoms with Gasteiger partial charge in [-0.3, -0.25) is 14.4 Å². The van der Waals surface area contributed by atoms with E-state index in [9.17, 15) is 15.2 Å². The number of aromatic hydroxyl groups is 1. The van der Waals surface area contributed by atoms with Gasteiger partial charge in [-0.2, -0.15) is 5.26 Å². The quantitative estimate of drug-likeness (QED) is 0.591. The lowest BCUT2D eigenvalue weighted by Gasteiger charge is -2.14. The number of ether oxygens (including phenoxy) is 2. The van der Waals surface area contributed by atoms with E-state index in [2.05, 4.69) is 4.99 Å². The third kappa shape index (κ3) is 4.75. The lowest BCUT2D eigenvalue weighted by molar-refractivity contribution is 0.404. The first-order valence-corrected chi connectivity index (χ1v) is 9.66. The lowest BCUT2D eigenvalue weighted by atomic mass is 10.1. The monoisotopic (exact) mass is 417 g/mol. The van der Waals surface area contributed by atoms with Crippen molar-refractivity contribution in [3.63, 3.8) is 0 Å². The predicted octanol–water partition coefficient (Wildman–Crippen LogP) is 3.74. The topological polar surface area (TPSA) is 96.8 Å². The zero-order valence-electron chi connectivity index (χ0n) is 17.6. The second kappa shape index (κ2) is 9.63. The molecule has 0 bridgehead atoms. The third-order valence-corrected chi connectivity index (χ3v) is 5.04. The number of hydrogen-bond acceptors (Lipinski definition) is 6. The number of hydrogen-bond donors (Lipinski definition) is 1. The fraction of sp³-hybridized carbons (Fsp3) is 0.208. The second-order valence-electron chi connectivity index (χ2n) is 6.86. The van der Waals surface area contributed by atoms with Crippen LogP contribution in [0.25, 0.3) is 0 Å². The molecule has 7 nitrogen and oxygen atoms in total. The van der Waals surface area contributed by atoms with Crippen LogP contribution in [0.3, 0.4) is 0 Å². The number of aromatic nitrogens is 1. The Morgan fingerprint density at radius 2 is 1.65 bits per heavy atom. The van der Waals surface area contributed by atoms with E-state index in [1.807, 2.05) is 30.3 Å². The Kier molecular flexibility index (Phi) is 6.73. The first-order chi connectivity index (χ1) is 15.0. The summed E-state index contributed by atoms with van der Waals surface area (Å²) < 4.78 is 11.5. The Hall–Kier alpha value is -4.05. The van der Waals surface area contributed by atoms with Gasteiger partial charge in [0.15, 0.2) is 0 Å². The molecule has 1 aromatic heterocycles. The number of aryl methyl sites for hydroxylation is 1. The van der Waals surface area contributed by atoms with E-state index in [4.69, 9.17) is 9.47 Å². The average Bonchev–Trinajstić information content (AvgIpc) is 2.80. The van der Waals surface area contributed by atoms with E-state index in [0.29, 0.717) is 29.0 Å². The van der Waals surface area contributed by atoms with Gasteiger partial charge in [0.05, 0.1) is 25.5 Å². The van der Waals surface area contributed by atoms with Crippen molar-refractivity contribution in [3.05, 3.63) is 81.1 Å². The van der Waals surface area contributed by atoms with Crippen LogP contribution in [0.4, 0.5) is 5.69 Å². The molecule has 3 rings (SSSR count). The van der Waals surface area contributed by atoms with Gasteiger partial charge in [-0.15, -0.1) is 0 Å². The molecule has 31 heavy (non-hydrogen) atoms. The van der Waals surface area contributed by atoms with Crippen LogP contribution < -0.4 is 15.0 Å². The van der Waals surface area contributed by atoms with Gasteiger partial charge in [0.2, 0.25) is 5.88 Å². The van der Waals surface area contributed by atoms with Crippen molar-refractivity contribution >= 4 is 11.9 Å². The van der Waals surface area contributed by atoms with Crippen LogP contribution in [0, 0.1) is 18.3 Å². The zero-order chi connectivity index (χ0) is 22.4. The number of rotatable bonds is 7. The normalized spacial score (nSPS) is 10.8. The highest BCUT2D eigenvalue weighted by Crippen LogP contribution is 2.23. The van der Waals surface area contributed by atoms with Crippen molar-refractivity contribution in [2.45, 2.75) is 19.9 Å². The number of aliphatic imine (C=N–C) groups is 1. The highest BCUT2D eigenvalue weighted by Gasteiger charge is 2.18. The standard InChI is InChI=1S/C24H23N3O4/c1-16-21(14-25)23(28)27(13-12-17-4-8-19(30-2)9-5-17)24(29)22(16)15-26-18-6-10-20(31-3)11-7-18/h4-11,15,29H,12-13H2,1-3H3. The van der Waals surface area contributed by atoms with Gasteiger partial charge >= 0.3 is 0 Å². The second-order valence-corrected chi connectivity index (χ2v) is 6.86. The smallest absolute Gasteiger partial charge is 0.271 e. The number of benzene rings is 2. The largest absolute Gasteiger partial charge is 0.497 e. The summed E-state index contributed by atoms with van der Waals surface area (Å²) >= 11 is 0. The van der Waals surface area contributed by atoms with Crippen LogP contribution >= 0.6 is 0 Å². The molecule has 0 spiro atoms. The summed E-state index contributed by atoms with van der Waals surface area (Å²) in [6.45, 7) is 1.85. The van der Waals surface area contributed by atoms with Gasteiger partial charge in [-0.25, -0.2) is 0 Å². The zero-order valence-corrected chi connectivity index (χ0v) is 17.6. The summed E-state index contributed by atoms with van der Waals surface area (Å²) in [7, 11) is 3.18. The molecule has 0 atom stereocenters. The van der Waals surface area contributed by atoms with Crippen LogP contribution in [0.5, 0.6) is 17.4 Å². The third-order valence-electron chi connectivity index (χ3n) is 5.04. The maximum atomic E-state index is 12.8. The van der Waals surface area contributed by atoms with Crippen LogP contribution in [0.15, 0.2) is 58.3 Å². The molecule has 3 aromatic rings. The molecule has 0 aliphatic heterocycles. The number of nitriles is 1. The van der Waals surface area contributed by atoms with Crippen LogP contribution in [0.2, 0.25) is 0 Å². The van der Waals surface area contributed by atoms with E-state index in [-0.39, 0.29) is 18.0 Å². The van der Waals surface area contributed by atoms with Crippen LogP contribution in [-0.4, -0.2) is 30.1 Å². The van der Waals surface area contributed by atoms with Gasteiger partial charge in [-0.1, -0.05) is 12.1 Å². The van der Waals surface area contributed by atoms with Gasteiger partial charge in [-0.05, 0) is 60.9 Å². The van der Waals surface area contributed by atoms with Crippen molar-refractivity contribution in [1.29, 1.82) is 5.26 Å². The average molecular weight is 417 g/mol. The van der Waals surface area contributed by atoms with E-state index in [1.54, 1.807) is 45.4 Å². The van der Waals surface area contributed by atoms with Crippen molar-refractivity contribution in [2.75, 3.05) is 14.2 Å². The van der Waals surface area contributed by atoms with Crippen LogP contribution in [0.1, 0.15) is 22.3 Å². The van der Waals surface area contributed by atoms with Gasteiger partial charge in [0.1, 0.15) is 23.1 Å². The SMILES string of the molecule is COc1ccc(CCn2c(O)c(C=Nc3ccc(OC)cc3)c(C)c(C#N)c2=O)cc1.